The number of piperidine rings is 1. The van der Waals surface area contributed by atoms with Crippen LogP contribution >= 0.6 is 0 Å². The molecule has 0 aromatic heterocycles. The molecular formula is C22H32N2O3. The summed E-state index contributed by atoms with van der Waals surface area (Å²) in [5.74, 6) is -0.162. The Labute approximate surface area is 162 Å². The van der Waals surface area contributed by atoms with E-state index in [1.807, 2.05) is 43.9 Å². The van der Waals surface area contributed by atoms with Gasteiger partial charge in [0.05, 0.1) is 12.5 Å². The van der Waals surface area contributed by atoms with Crippen LogP contribution in [0, 0.1) is 11.3 Å². The van der Waals surface area contributed by atoms with Gasteiger partial charge in [-0.25, -0.2) is 0 Å². The minimum Gasteiger partial charge on any atom is -0.383 e. The number of nitrogens with one attached hydrogen (secondary N) is 1. The summed E-state index contributed by atoms with van der Waals surface area (Å²) in [6.07, 6.45) is 4.17. The topological polar surface area (TPSA) is 69.6 Å². The fourth-order valence-corrected chi connectivity index (χ4v) is 4.31. The van der Waals surface area contributed by atoms with Crippen LogP contribution in [0.1, 0.15) is 57.6 Å². The van der Waals surface area contributed by atoms with Crippen LogP contribution in [0.3, 0.4) is 0 Å². The second-order valence-corrected chi connectivity index (χ2v) is 9.10. The smallest absolute Gasteiger partial charge is 0.227 e. The van der Waals surface area contributed by atoms with Crippen molar-refractivity contribution in [2.75, 3.05) is 19.6 Å². The second kappa shape index (κ2) is 7.63. The molecule has 2 amide bonds. The fourth-order valence-electron chi connectivity index (χ4n) is 4.31. The molecule has 27 heavy (non-hydrogen) atoms. The molecule has 1 heterocycles. The van der Waals surface area contributed by atoms with Crippen molar-refractivity contribution < 1.29 is 14.7 Å². The highest BCUT2D eigenvalue weighted by Gasteiger charge is 2.37. The number of amides is 2. The van der Waals surface area contributed by atoms with Gasteiger partial charge in [-0.3, -0.25) is 9.59 Å². The number of carbonyl (C=O) groups excluding carboxylic acids is 2. The molecule has 0 spiro atoms. The van der Waals surface area contributed by atoms with Gasteiger partial charge in [-0.15, -0.1) is 0 Å². The van der Waals surface area contributed by atoms with E-state index in [0.29, 0.717) is 13.0 Å². The second-order valence-electron chi connectivity index (χ2n) is 9.10. The molecule has 3 rings (SSSR count). The Hall–Kier alpha value is -1.88. The molecule has 2 aliphatic rings. The normalized spacial score (nSPS) is 25.6. The molecule has 1 aliphatic heterocycles. The quantitative estimate of drug-likeness (QED) is 0.857. The van der Waals surface area contributed by atoms with Gasteiger partial charge in [0.25, 0.3) is 0 Å². The Bertz CT molecular complexity index is 710. The Morgan fingerprint density at radius 3 is 2.74 bits per heavy atom. The van der Waals surface area contributed by atoms with Gasteiger partial charge in [0.15, 0.2) is 0 Å². The molecule has 0 radical (unpaired) electrons. The SMILES string of the molecule is CC(C)(C)C(=O)N1CCC[C@@H](C(=O)NC[C@]2(O)CCCc3ccccc32)C1. The summed E-state index contributed by atoms with van der Waals surface area (Å²) in [4.78, 5) is 27.1. The summed E-state index contributed by atoms with van der Waals surface area (Å²) in [7, 11) is 0. The maximum absolute atomic E-state index is 12.8. The zero-order valence-corrected chi connectivity index (χ0v) is 16.8. The van der Waals surface area contributed by atoms with Gasteiger partial charge in [0, 0.05) is 18.5 Å². The molecule has 5 nitrogen and oxygen atoms in total. The van der Waals surface area contributed by atoms with Crippen molar-refractivity contribution >= 4 is 11.8 Å². The molecule has 2 atom stereocenters. The number of aliphatic hydroxyl groups is 1. The average molecular weight is 373 g/mol. The molecule has 1 aromatic rings. The summed E-state index contributed by atoms with van der Waals surface area (Å²) in [5, 5.41) is 14.1. The van der Waals surface area contributed by atoms with Crippen LogP contribution in [0.2, 0.25) is 0 Å². The van der Waals surface area contributed by atoms with Crippen molar-refractivity contribution in [1.82, 2.24) is 10.2 Å². The zero-order chi connectivity index (χ0) is 19.7. The molecule has 0 saturated carbocycles. The first kappa shape index (κ1) is 19.9. The van der Waals surface area contributed by atoms with Gasteiger partial charge in [0.2, 0.25) is 11.8 Å². The Kier molecular flexibility index (Phi) is 5.61. The minimum absolute atomic E-state index is 0.0575. The largest absolute Gasteiger partial charge is 0.383 e. The van der Waals surface area contributed by atoms with Crippen molar-refractivity contribution in [2.24, 2.45) is 11.3 Å². The van der Waals surface area contributed by atoms with Crippen molar-refractivity contribution in [1.29, 1.82) is 0 Å². The highest BCUT2D eigenvalue weighted by atomic mass is 16.3. The molecule has 1 saturated heterocycles. The summed E-state index contributed by atoms with van der Waals surface area (Å²) in [6, 6.07) is 7.95. The van der Waals surface area contributed by atoms with Gasteiger partial charge in [0.1, 0.15) is 5.60 Å². The fraction of sp³-hybridized carbons (Fsp3) is 0.636. The highest BCUT2D eigenvalue weighted by Crippen LogP contribution is 2.34. The third-order valence-corrected chi connectivity index (χ3v) is 5.83. The van der Waals surface area contributed by atoms with Crippen LogP contribution in [0.25, 0.3) is 0 Å². The van der Waals surface area contributed by atoms with E-state index in [0.717, 1.165) is 37.8 Å². The van der Waals surface area contributed by atoms with E-state index in [9.17, 15) is 14.7 Å². The first-order chi connectivity index (χ1) is 12.7. The maximum atomic E-state index is 12.8. The Morgan fingerprint density at radius 2 is 2.00 bits per heavy atom. The number of aryl methyl sites for hydroxylation is 1. The molecule has 1 fully saturated rings. The number of fused-ring (bicyclic) bond motifs is 1. The average Bonchev–Trinajstić information content (AvgIpc) is 2.65. The van der Waals surface area contributed by atoms with Gasteiger partial charge < -0.3 is 15.3 Å². The molecular weight excluding hydrogens is 340 g/mol. The maximum Gasteiger partial charge on any atom is 0.227 e. The van der Waals surface area contributed by atoms with Crippen molar-refractivity contribution in [2.45, 2.75) is 58.5 Å². The molecule has 1 aromatic carbocycles. The lowest BCUT2D eigenvalue weighted by Crippen LogP contribution is -2.50. The first-order valence-corrected chi connectivity index (χ1v) is 10.1. The first-order valence-electron chi connectivity index (χ1n) is 10.1. The summed E-state index contributed by atoms with van der Waals surface area (Å²) in [5.41, 5.74) is 0.671. The van der Waals surface area contributed by atoms with Crippen molar-refractivity contribution in [3.63, 3.8) is 0 Å². The number of likely N-dealkylation sites (tertiary alicyclic amines) is 1. The molecule has 2 N–H and O–H groups in total. The van der Waals surface area contributed by atoms with Crippen LogP contribution in [0.15, 0.2) is 24.3 Å². The molecule has 0 bridgehead atoms. The molecule has 5 heteroatoms. The molecule has 148 valence electrons. The number of hydrogen-bond donors (Lipinski definition) is 2. The van der Waals surface area contributed by atoms with Gasteiger partial charge in [-0.2, -0.15) is 0 Å². The number of carbonyl (C=O) groups is 2. The molecule has 0 unspecified atom stereocenters. The number of benzene rings is 1. The van der Waals surface area contributed by atoms with E-state index >= 15 is 0 Å². The minimum atomic E-state index is -1.000. The number of nitrogens with zero attached hydrogens (tertiary/aromatic N) is 1. The number of rotatable bonds is 3. The van der Waals surface area contributed by atoms with Crippen LogP contribution in [-0.2, 0) is 21.6 Å². The third-order valence-electron chi connectivity index (χ3n) is 5.83. The van der Waals surface area contributed by atoms with Crippen molar-refractivity contribution in [3.05, 3.63) is 35.4 Å². The predicted molar refractivity (Wildman–Crippen MR) is 105 cm³/mol. The van der Waals surface area contributed by atoms with Gasteiger partial charge in [-0.1, -0.05) is 45.0 Å². The van der Waals surface area contributed by atoms with E-state index in [4.69, 9.17) is 0 Å². The Morgan fingerprint density at radius 1 is 1.26 bits per heavy atom. The van der Waals surface area contributed by atoms with Gasteiger partial charge >= 0.3 is 0 Å². The Balaban J connectivity index is 1.62. The van der Waals surface area contributed by atoms with E-state index < -0.39 is 11.0 Å². The molecule has 1 aliphatic carbocycles. The standard InChI is InChI=1S/C22H32N2O3/c1-21(2,3)20(26)24-13-7-10-17(14-24)19(25)23-15-22(27)12-6-9-16-8-4-5-11-18(16)22/h4-5,8,11,17,27H,6-7,9-10,12-15H2,1-3H3,(H,23,25)/t17-,22-/m1/s1. The van der Waals surface area contributed by atoms with E-state index in [1.54, 1.807) is 0 Å². The summed E-state index contributed by atoms with van der Waals surface area (Å²) in [6.45, 7) is 7.15. The monoisotopic (exact) mass is 372 g/mol. The van der Waals surface area contributed by atoms with E-state index in [-0.39, 0.29) is 24.3 Å². The number of hydrogen-bond acceptors (Lipinski definition) is 3. The van der Waals surface area contributed by atoms with Crippen LogP contribution in [0.5, 0.6) is 0 Å². The summed E-state index contributed by atoms with van der Waals surface area (Å²) >= 11 is 0. The van der Waals surface area contributed by atoms with Crippen LogP contribution in [-0.4, -0.2) is 41.5 Å². The van der Waals surface area contributed by atoms with E-state index in [2.05, 4.69) is 11.4 Å². The van der Waals surface area contributed by atoms with Crippen LogP contribution in [0.4, 0.5) is 0 Å². The lowest BCUT2D eigenvalue weighted by Gasteiger charge is -2.37. The lowest BCUT2D eigenvalue weighted by molar-refractivity contribution is -0.143. The van der Waals surface area contributed by atoms with Crippen LogP contribution < -0.4 is 5.32 Å². The lowest BCUT2D eigenvalue weighted by atomic mass is 9.79. The van der Waals surface area contributed by atoms with Crippen molar-refractivity contribution in [3.8, 4) is 0 Å². The van der Waals surface area contributed by atoms with Gasteiger partial charge in [-0.05, 0) is 43.2 Å². The third kappa shape index (κ3) is 4.34. The van der Waals surface area contributed by atoms with E-state index in [1.165, 1.54) is 5.56 Å². The highest BCUT2D eigenvalue weighted by molar-refractivity contribution is 5.84. The summed E-state index contributed by atoms with van der Waals surface area (Å²) < 4.78 is 0. The predicted octanol–water partition coefficient (Wildman–Crippen LogP) is 2.61. The zero-order valence-electron chi connectivity index (χ0n) is 16.8.